The predicted octanol–water partition coefficient (Wildman–Crippen LogP) is 1.61. The van der Waals surface area contributed by atoms with E-state index in [4.69, 9.17) is 5.11 Å². The van der Waals surface area contributed by atoms with E-state index >= 15 is 0 Å². The van der Waals surface area contributed by atoms with Gasteiger partial charge >= 0.3 is 5.97 Å². The van der Waals surface area contributed by atoms with Gasteiger partial charge in [0.25, 0.3) is 0 Å². The molecule has 0 saturated heterocycles. The van der Waals surface area contributed by atoms with E-state index in [1.54, 1.807) is 0 Å². The van der Waals surface area contributed by atoms with Gasteiger partial charge in [0.15, 0.2) is 0 Å². The van der Waals surface area contributed by atoms with Crippen molar-refractivity contribution in [3.05, 3.63) is 0 Å². The molecule has 1 aliphatic carbocycles. The van der Waals surface area contributed by atoms with Gasteiger partial charge in [0.2, 0.25) is 5.78 Å². The fourth-order valence-electron chi connectivity index (χ4n) is 2.02. The average Bonchev–Trinajstić information content (AvgIpc) is 2.52. The zero-order chi connectivity index (χ0) is 9.19. The molecule has 0 radical (unpaired) electrons. The van der Waals surface area contributed by atoms with E-state index in [0.717, 1.165) is 25.7 Å². The second-order valence-corrected chi connectivity index (χ2v) is 3.48. The third kappa shape index (κ3) is 1.36. The van der Waals surface area contributed by atoms with Crippen LogP contribution in [-0.4, -0.2) is 16.9 Å². The van der Waals surface area contributed by atoms with Crippen LogP contribution in [0.1, 0.15) is 39.0 Å². The molecule has 12 heavy (non-hydrogen) atoms. The monoisotopic (exact) mass is 170 g/mol. The van der Waals surface area contributed by atoms with Gasteiger partial charge < -0.3 is 5.11 Å². The third-order valence-corrected chi connectivity index (χ3v) is 2.91. The van der Waals surface area contributed by atoms with Gasteiger partial charge in [0.05, 0.1) is 0 Å². The van der Waals surface area contributed by atoms with E-state index in [2.05, 4.69) is 0 Å². The molecule has 0 aliphatic heterocycles. The molecule has 0 amide bonds. The topological polar surface area (TPSA) is 54.4 Å². The SMILES string of the molecule is CCC1(C(=O)C(=O)O)CCCC1. The van der Waals surface area contributed by atoms with Crippen molar-refractivity contribution in [3.8, 4) is 0 Å². The van der Waals surface area contributed by atoms with Gasteiger partial charge in [-0.3, -0.25) is 4.79 Å². The van der Waals surface area contributed by atoms with Crippen LogP contribution < -0.4 is 0 Å². The van der Waals surface area contributed by atoms with E-state index in [9.17, 15) is 9.59 Å². The largest absolute Gasteiger partial charge is 0.475 e. The van der Waals surface area contributed by atoms with Crippen LogP contribution in [0.15, 0.2) is 0 Å². The second-order valence-electron chi connectivity index (χ2n) is 3.48. The summed E-state index contributed by atoms with van der Waals surface area (Å²) >= 11 is 0. The molecule has 3 heteroatoms. The van der Waals surface area contributed by atoms with Crippen molar-refractivity contribution in [2.45, 2.75) is 39.0 Å². The summed E-state index contributed by atoms with van der Waals surface area (Å²) in [6.07, 6.45) is 4.17. The number of ketones is 1. The van der Waals surface area contributed by atoms with E-state index in [1.807, 2.05) is 6.92 Å². The number of carbonyl (C=O) groups excluding carboxylic acids is 1. The number of carboxylic acid groups (broad SMARTS) is 1. The molecule has 0 unspecified atom stereocenters. The van der Waals surface area contributed by atoms with Crippen LogP contribution in [0.4, 0.5) is 0 Å². The molecule has 0 aromatic carbocycles. The van der Waals surface area contributed by atoms with Crippen LogP contribution in [0.25, 0.3) is 0 Å². The van der Waals surface area contributed by atoms with Crippen molar-refractivity contribution in [3.63, 3.8) is 0 Å². The van der Waals surface area contributed by atoms with Crippen molar-refractivity contribution in [2.24, 2.45) is 5.41 Å². The first-order chi connectivity index (χ1) is 5.62. The summed E-state index contributed by atoms with van der Waals surface area (Å²) in [6.45, 7) is 1.90. The van der Waals surface area contributed by atoms with Crippen molar-refractivity contribution >= 4 is 11.8 Å². The number of hydrogen-bond acceptors (Lipinski definition) is 2. The quantitative estimate of drug-likeness (QED) is 0.654. The van der Waals surface area contributed by atoms with Crippen LogP contribution in [0.3, 0.4) is 0 Å². The van der Waals surface area contributed by atoms with Gasteiger partial charge in [-0.15, -0.1) is 0 Å². The number of aliphatic carboxylic acids is 1. The zero-order valence-electron chi connectivity index (χ0n) is 7.30. The highest BCUT2D eigenvalue weighted by molar-refractivity contribution is 6.34. The first-order valence-electron chi connectivity index (χ1n) is 4.40. The molecule has 1 rings (SSSR count). The minimum absolute atomic E-state index is 0.522. The third-order valence-electron chi connectivity index (χ3n) is 2.91. The molecular weight excluding hydrogens is 156 g/mol. The van der Waals surface area contributed by atoms with Crippen molar-refractivity contribution in [1.29, 1.82) is 0 Å². The molecule has 68 valence electrons. The molecule has 0 spiro atoms. The zero-order valence-corrected chi connectivity index (χ0v) is 7.30. The summed E-state index contributed by atoms with van der Waals surface area (Å²) < 4.78 is 0. The summed E-state index contributed by atoms with van der Waals surface area (Å²) in [6, 6.07) is 0. The Bertz CT molecular complexity index is 202. The minimum Gasteiger partial charge on any atom is -0.475 e. The molecule has 0 aromatic rings. The lowest BCUT2D eigenvalue weighted by molar-refractivity contribution is -0.154. The Labute approximate surface area is 71.8 Å². The van der Waals surface area contributed by atoms with Crippen molar-refractivity contribution < 1.29 is 14.7 Å². The van der Waals surface area contributed by atoms with Gasteiger partial charge in [-0.05, 0) is 19.3 Å². The molecule has 1 N–H and O–H groups in total. The number of Topliss-reactive ketones (excluding diaryl/α,β-unsaturated/α-hetero) is 1. The van der Waals surface area contributed by atoms with Crippen molar-refractivity contribution in [1.82, 2.24) is 0 Å². The van der Waals surface area contributed by atoms with Crippen molar-refractivity contribution in [2.75, 3.05) is 0 Å². The standard InChI is InChI=1S/C9H14O3/c1-2-9(5-3-4-6-9)7(10)8(11)12/h2-6H2,1H3,(H,11,12). The number of hydrogen-bond donors (Lipinski definition) is 1. The molecule has 0 aromatic heterocycles. The summed E-state index contributed by atoms with van der Waals surface area (Å²) in [5.74, 6) is -1.85. The Morgan fingerprint density at radius 3 is 2.17 bits per heavy atom. The Morgan fingerprint density at radius 2 is 1.83 bits per heavy atom. The molecule has 0 atom stereocenters. The lowest BCUT2D eigenvalue weighted by atomic mass is 9.79. The molecule has 0 heterocycles. The number of carbonyl (C=O) groups is 2. The normalized spacial score (nSPS) is 20.8. The maximum Gasteiger partial charge on any atom is 0.372 e. The first kappa shape index (κ1) is 9.23. The lowest BCUT2D eigenvalue weighted by Gasteiger charge is -2.22. The smallest absolute Gasteiger partial charge is 0.372 e. The second kappa shape index (κ2) is 3.25. The molecule has 1 fully saturated rings. The maximum absolute atomic E-state index is 11.3. The Morgan fingerprint density at radius 1 is 1.33 bits per heavy atom. The number of carboxylic acids is 1. The Hall–Kier alpha value is -0.860. The van der Waals surface area contributed by atoms with Gasteiger partial charge in [-0.2, -0.15) is 0 Å². The van der Waals surface area contributed by atoms with Gasteiger partial charge in [0, 0.05) is 5.41 Å². The van der Waals surface area contributed by atoms with E-state index in [1.165, 1.54) is 0 Å². The fourth-order valence-corrected chi connectivity index (χ4v) is 2.02. The summed E-state index contributed by atoms with van der Waals surface area (Å²) in [5.41, 5.74) is -0.522. The highest BCUT2D eigenvalue weighted by Crippen LogP contribution is 2.41. The average molecular weight is 170 g/mol. The highest BCUT2D eigenvalue weighted by atomic mass is 16.4. The fraction of sp³-hybridized carbons (Fsp3) is 0.778. The molecular formula is C9H14O3. The first-order valence-corrected chi connectivity index (χ1v) is 4.40. The molecule has 1 aliphatic rings. The van der Waals surface area contributed by atoms with E-state index in [-0.39, 0.29) is 0 Å². The molecule has 3 nitrogen and oxygen atoms in total. The molecule has 1 saturated carbocycles. The van der Waals surface area contributed by atoms with Crippen LogP contribution in [0, 0.1) is 5.41 Å². The van der Waals surface area contributed by atoms with E-state index < -0.39 is 17.2 Å². The Balaban J connectivity index is 2.79. The summed E-state index contributed by atoms with van der Waals surface area (Å²) in [4.78, 5) is 21.8. The Kier molecular flexibility index (Phi) is 2.50. The molecule has 0 bridgehead atoms. The predicted molar refractivity (Wildman–Crippen MR) is 43.8 cm³/mol. The maximum atomic E-state index is 11.3. The van der Waals surface area contributed by atoms with Gasteiger partial charge in [-0.1, -0.05) is 19.8 Å². The highest BCUT2D eigenvalue weighted by Gasteiger charge is 2.42. The van der Waals surface area contributed by atoms with E-state index in [0.29, 0.717) is 6.42 Å². The summed E-state index contributed by atoms with van der Waals surface area (Å²) in [5, 5.41) is 8.59. The number of rotatable bonds is 3. The van der Waals surface area contributed by atoms with Crippen LogP contribution >= 0.6 is 0 Å². The summed E-state index contributed by atoms with van der Waals surface area (Å²) in [7, 11) is 0. The lowest BCUT2D eigenvalue weighted by Crippen LogP contribution is -2.33. The van der Waals surface area contributed by atoms with Crippen LogP contribution in [-0.2, 0) is 9.59 Å². The van der Waals surface area contributed by atoms with Crippen LogP contribution in [0.2, 0.25) is 0 Å². The van der Waals surface area contributed by atoms with Gasteiger partial charge in [-0.25, -0.2) is 4.79 Å². The van der Waals surface area contributed by atoms with Gasteiger partial charge in [0.1, 0.15) is 0 Å². The minimum atomic E-state index is -1.27. The van der Waals surface area contributed by atoms with Crippen LogP contribution in [0.5, 0.6) is 0 Å².